The molecule has 0 aromatic carbocycles. The van der Waals surface area contributed by atoms with Crippen LogP contribution in [0.25, 0.3) is 0 Å². The van der Waals surface area contributed by atoms with Crippen molar-refractivity contribution >= 4 is 16.8 Å². The van der Waals surface area contributed by atoms with Gasteiger partial charge >= 0.3 is 0 Å². The van der Waals surface area contributed by atoms with Gasteiger partial charge in [-0.2, -0.15) is 0 Å². The molecule has 2 heteroatoms. The Labute approximate surface area is 69.4 Å². The summed E-state index contributed by atoms with van der Waals surface area (Å²) in [7, 11) is 0. The number of rotatable bonds is 1. The third-order valence-corrected chi connectivity index (χ3v) is 1.98. The monoisotopic (exact) mass is 164 g/mol. The number of carbonyl (C=O) groups is 1. The van der Waals surface area contributed by atoms with Crippen LogP contribution in [0.5, 0.6) is 0 Å². The topological polar surface area (TPSA) is 17.1 Å². The highest BCUT2D eigenvalue weighted by atomic mass is 35.5. The van der Waals surface area contributed by atoms with E-state index in [1.165, 1.54) is 0 Å². The number of carbonyl (C=O) groups excluding carboxylic acids is 1. The van der Waals surface area contributed by atoms with Gasteiger partial charge in [0.1, 0.15) is 0 Å². The minimum atomic E-state index is -0.383. The van der Waals surface area contributed by atoms with E-state index in [2.05, 4.69) is 0 Å². The Bertz CT molecular complexity index is 343. The van der Waals surface area contributed by atoms with E-state index in [1.807, 2.05) is 24.3 Å². The molecule has 0 fully saturated rings. The Kier molecular flexibility index (Phi) is 1.33. The molecule has 2 aliphatic rings. The van der Waals surface area contributed by atoms with Crippen LogP contribution in [-0.2, 0) is 4.79 Å². The molecule has 0 heterocycles. The van der Waals surface area contributed by atoms with E-state index >= 15 is 0 Å². The first-order valence-corrected chi connectivity index (χ1v) is 3.68. The molecule has 2 aliphatic carbocycles. The van der Waals surface area contributed by atoms with Crippen LogP contribution in [0.3, 0.4) is 0 Å². The lowest BCUT2D eigenvalue weighted by Gasteiger charge is -1.96. The van der Waals surface area contributed by atoms with Gasteiger partial charge in [0.2, 0.25) is 0 Å². The molecule has 0 unspecified atom stereocenters. The number of fused-ring (bicyclic) bond motifs is 1. The van der Waals surface area contributed by atoms with Crippen molar-refractivity contribution < 1.29 is 4.79 Å². The Hall–Kier alpha value is -1.08. The smallest absolute Gasteiger partial charge is 0.253 e. The van der Waals surface area contributed by atoms with Gasteiger partial charge in [0.25, 0.3) is 5.24 Å². The number of hydrogen-bond acceptors (Lipinski definition) is 1. The van der Waals surface area contributed by atoms with Crippen LogP contribution in [0.2, 0.25) is 0 Å². The molecule has 0 aromatic rings. The lowest BCUT2D eigenvalue weighted by atomic mass is 10.1. The second kappa shape index (κ2) is 2.21. The molecule has 11 heavy (non-hydrogen) atoms. The van der Waals surface area contributed by atoms with Crippen molar-refractivity contribution in [1.82, 2.24) is 0 Å². The van der Waals surface area contributed by atoms with Gasteiger partial charge in [-0.15, -0.1) is 0 Å². The van der Waals surface area contributed by atoms with Crippen LogP contribution in [0.4, 0.5) is 0 Å². The normalized spacial score (nSPS) is 19.2. The quantitative estimate of drug-likeness (QED) is 0.543. The maximum Gasteiger partial charge on any atom is 0.253 e. The summed E-state index contributed by atoms with van der Waals surface area (Å²) in [6.07, 6.45) is 9.41. The molecular formula is C9H5ClO. The average Bonchev–Trinajstić information content (AvgIpc) is 2.41. The summed E-state index contributed by atoms with van der Waals surface area (Å²) in [5.74, 6) is 0. The van der Waals surface area contributed by atoms with Gasteiger partial charge in [0, 0.05) is 5.57 Å². The minimum absolute atomic E-state index is 0.383. The summed E-state index contributed by atoms with van der Waals surface area (Å²) in [5.41, 5.74) is 2.63. The summed E-state index contributed by atoms with van der Waals surface area (Å²) in [4.78, 5) is 10.8. The van der Waals surface area contributed by atoms with Gasteiger partial charge in [-0.1, -0.05) is 24.3 Å². The first-order chi connectivity index (χ1) is 5.29. The summed E-state index contributed by atoms with van der Waals surface area (Å²) in [5, 5.41) is -0.383. The third kappa shape index (κ3) is 0.889. The molecular weight excluding hydrogens is 160 g/mol. The van der Waals surface area contributed by atoms with Gasteiger partial charge in [-0.3, -0.25) is 4.79 Å². The lowest BCUT2D eigenvalue weighted by molar-refractivity contribution is -0.108. The molecule has 0 aromatic heterocycles. The summed E-state index contributed by atoms with van der Waals surface area (Å²) < 4.78 is 0. The third-order valence-electron chi connectivity index (χ3n) is 1.78. The molecule has 0 spiro atoms. The van der Waals surface area contributed by atoms with Gasteiger partial charge in [-0.05, 0) is 28.8 Å². The first kappa shape index (κ1) is 6.62. The van der Waals surface area contributed by atoms with Crippen molar-refractivity contribution in [2.45, 2.75) is 0 Å². The highest BCUT2D eigenvalue weighted by molar-refractivity contribution is 6.68. The van der Waals surface area contributed by atoms with E-state index in [1.54, 1.807) is 6.08 Å². The Balaban J connectivity index is 2.41. The van der Waals surface area contributed by atoms with Crippen molar-refractivity contribution in [3.8, 4) is 0 Å². The molecule has 0 bridgehead atoms. The van der Waals surface area contributed by atoms with Gasteiger partial charge in [-0.25, -0.2) is 0 Å². The largest absolute Gasteiger partial charge is 0.276 e. The SMILES string of the molecule is O=C(Cl)C1=CC=C2C=CC=C21. The number of hydrogen-bond donors (Lipinski definition) is 0. The summed E-state index contributed by atoms with van der Waals surface area (Å²) in [6.45, 7) is 0. The second-order valence-corrected chi connectivity index (χ2v) is 2.76. The van der Waals surface area contributed by atoms with Crippen LogP contribution in [-0.4, -0.2) is 5.24 Å². The molecule has 0 amide bonds. The summed E-state index contributed by atoms with van der Waals surface area (Å²) >= 11 is 5.34. The fourth-order valence-corrected chi connectivity index (χ4v) is 1.42. The first-order valence-electron chi connectivity index (χ1n) is 3.30. The highest BCUT2D eigenvalue weighted by Crippen LogP contribution is 2.31. The van der Waals surface area contributed by atoms with E-state index in [9.17, 15) is 4.79 Å². The van der Waals surface area contributed by atoms with Crippen LogP contribution in [0.15, 0.2) is 47.1 Å². The molecule has 0 N–H and O–H groups in total. The maximum absolute atomic E-state index is 10.8. The second-order valence-electron chi connectivity index (χ2n) is 2.42. The molecule has 0 saturated carbocycles. The predicted molar refractivity (Wildman–Crippen MR) is 44.2 cm³/mol. The maximum atomic E-state index is 10.8. The molecule has 1 nitrogen and oxygen atoms in total. The van der Waals surface area contributed by atoms with E-state index < -0.39 is 0 Å². The Morgan fingerprint density at radius 3 is 2.82 bits per heavy atom. The molecule has 0 saturated heterocycles. The van der Waals surface area contributed by atoms with E-state index in [0.717, 1.165) is 11.1 Å². The van der Waals surface area contributed by atoms with Gasteiger partial charge in [0.15, 0.2) is 0 Å². The van der Waals surface area contributed by atoms with Crippen LogP contribution in [0, 0.1) is 0 Å². The fourth-order valence-electron chi connectivity index (χ4n) is 1.26. The molecule has 0 atom stereocenters. The van der Waals surface area contributed by atoms with Crippen LogP contribution < -0.4 is 0 Å². The van der Waals surface area contributed by atoms with E-state index in [-0.39, 0.29) is 5.24 Å². The fraction of sp³-hybridized carbons (Fsp3) is 0. The lowest BCUT2D eigenvalue weighted by Crippen LogP contribution is -1.93. The number of allylic oxidation sites excluding steroid dienone is 8. The zero-order chi connectivity index (χ0) is 7.84. The zero-order valence-corrected chi connectivity index (χ0v) is 6.43. The highest BCUT2D eigenvalue weighted by Gasteiger charge is 2.19. The van der Waals surface area contributed by atoms with Crippen molar-refractivity contribution in [1.29, 1.82) is 0 Å². The minimum Gasteiger partial charge on any atom is -0.276 e. The summed E-state index contributed by atoms with van der Waals surface area (Å²) in [6, 6.07) is 0. The Morgan fingerprint density at radius 2 is 2.09 bits per heavy atom. The van der Waals surface area contributed by atoms with Crippen LogP contribution in [0.1, 0.15) is 0 Å². The molecule has 2 rings (SSSR count). The predicted octanol–water partition coefficient (Wildman–Crippen LogP) is 2.11. The van der Waals surface area contributed by atoms with Crippen molar-refractivity contribution in [2.75, 3.05) is 0 Å². The van der Waals surface area contributed by atoms with Crippen molar-refractivity contribution in [2.24, 2.45) is 0 Å². The van der Waals surface area contributed by atoms with Crippen LogP contribution >= 0.6 is 11.6 Å². The molecule has 0 aliphatic heterocycles. The average molecular weight is 165 g/mol. The Morgan fingerprint density at radius 1 is 1.27 bits per heavy atom. The molecule has 54 valence electrons. The molecule has 0 radical (unpaired) electrons. The van der Waals surface area contributed by atoms with E-state index in [4.69, 9.17) is 11.6 Å². The zero-order valence-electron chi connectivity index (χ0n) is 5.67. The van der Waals surface area contributed by atoms with Gasteiger partial charge in [0.05, 0.1) is 0 Å². The standard InChI is InChI=1S/C9H5ClO/c10-9(11)8-5-4-6-2-1-3-7(6)8/h1-5H. The van der Waals surface area contributed by atoms with Gasteiger partial charge < -0.3 is 0 Å². The van der Waals surface area contributed by atoms with E-state index in [0.29, 0.717) is 5.57 Å². The number of halogens is 1. The van der Waals surface area contributed by atoms with Crippen molar-refractivity contribution in [3.63, 3.8) is 0 Å². The van der Waals surface area contributed by atoms with Crippen molar-refractivity contribution in [3.05, 3.63) is 47.1 Å².